The molecule has 0 aromatic heterocycles. The molecule has 5 nitrogen and oxygen atoms in total. The summed E-state index contributed by atoms with van der Waals surface area (Å²) in [4.78, 5) is 26.3. The van der Waals surface area contributed by atoms with E-state index >= 15 is 0 Å². The monoisotopic (exact) mass is 207 g/mol. The molecule has 1 aromatic carbocycles. The Hall–Kier alpha value is -2.14. The summed E-state index contributed by atoms with van der Waals surface area (Å²) < 4.78 is 0. The van der Waals surface area contributed by atoms with Crippen LogP contribution in [0.15, 0.2) is 30.9 Å². The van der Waals surface area contributed by atoms with Gasteiger partial charge in [0.2, 0.25) is 0 Å². The first-order valence-corrected chi connectivity index (χ1v) is 4.01. The van der Waals surface area contributed by atoms with Gasteiger partial charge in [-0.3, -0.25) is 4.79 Å². The average Bonchev–Trinajstić information content (AvgIpc) is 2.27. The summed E-state index contributed by atoms with van der Waals surface area (Å²) in [7, 11) is 0. The largest absolute Gasteiger partial charge is 0.478 e. The minimum atomic E-state index is -1.21. The Morgan fingerprint density at radius 3 is 2.60 bits per heavy atom. The maximum atomic E-state index is 11.2. The van der Waals surface area contributed by atoms with Gasteiger partial charge in [-0.05, 0) is 24.3 Å². The van der Waals surface area contributed by atoms with E-state index < -0.39 is 5.97 Å². The standard InChI is InChI=1S/C10H9NO4/c1-2-8(12)6-3-4-9(15-11)7(5-6)10(13)14/h2-5H,1,11H2,(H,13,14). The fourth-order valence-corrected chi connectivity index (χ4v) is 1.07. The molecule has 0 aliphatic carbocycles. The number of hydrogen-bond acceptors (Lipinski definition) is 4. The third-order valence-electron chi connectivity index (χ3n) is 1.81. The predicted octanol–water partition coefficient (Wildman–Crippen LogP) is 1.01. The quantitative estimate of drug-likeness (QED) is 0.436. The minimum Gasteiger partial charge on any atom is -0.478 e. The summed E-state index contributed by atoms with van der Waals surface area (Å²) in [6.07, 6.45) is 1.10. The molecule has 0 saturated heterocycles. The lowest BCUT2D eigenvalue weighted by Crippen LogP contribution is -2.09. The van der Waals surface area contributed by atoms with Crippen molar-refractivity contribution in [2.45, 2.75) is 0 Å². The number of ketones is 1. The van der Waals surface area contributed by atoms with E-state index in [-0.39, 0.29) is 22.7 Å². The first kappa shape index (κ1) is 10.9. The van der Waals surface area contributed by atoms with Crippen molar-refractivity contribution in [2.24, 2.45) is 5.90 Å². The Labute approximate surface area is 85.7 Å². The summed E-state index contributed by atoms with van der Waals surface area (Å²) in [6.45, 7) is 3.30. The zero-order chi connectivity index (χ0) is 11.4. The van der Waals surface area contributed by atoms with Crippen molar-refractivity contribution in [3.05, 3.63) is 42.0 Å². The zero-order valence-electron chi connectivity index (χ0n) is 7.77. The maximum absolute atomic E-state index is 11.2. The molecule has 0 unspecified atom stereocenters. The van der Waals surface area contributed by atoms with E-state index in [0.29, 0.717) is 0 Å². The number of nitrogens with two attached hydrogens (primary N) is 1. The fourth-order valence-electron chi connectivity index (χ4n) is 1.07. The lowest BCUT2D eigenvalue weighted by atomic mass is 10.1. The highest BCUT2D eigenvalue weighted by molar-refractivity contribution is 6.06. The molecule has 0 saturated carbocycles. The van der Waals surface area contributed by atoms with Crippen LogP contribution in [-0.2, 0) is 0 Å². The summed E-state index contributed by atoms with van der Waals surface area (Å²) in [5, 5.41) is 8.80. The lowest BCUT2D eigenvalue weighted by Gasteiger charge is -2.04. The summed E-state index contributed by atoms with van der Waals surface area (Å²) in [5.41, 5.74) is 0.0633. The van der Waals surface area contributed by atoms with Gasteiger partial charge in [0, 0.05) is 5.56 Å². The van der Waals surface area contributed by atoms with E-state index in [1.807, 2.05) is 0 Å². The molecule has 3 N–H and O–H groups in total. The third kappa shape index (κ3) is 2.21. The van der Waals surface area contributed by atoms with Crippen molar-refractivity contribution < 1.29 is 19.5 Å². The SMILES string of the molecule is C=CC(=O)c1ccc(ON)c(C(=O)O)c1. The van der Waals surface area contributed by atoms with Gasteiger partial charge in [0.1, 0.15) is 5.56 Å². The van der Waals surface area contributed by atoms with Crippen molar-refractivity contribution >= 4 is 11.8 Å². The molecule has 15 heavy (non-hydrogen) atoms. The van der Waals surface area contributed by atoms with Gasteiger partial charge in [0.15, 0.2) is 11.5 Å². The van der Waals surface area contributed by atoms with Crippen LogP contribution >= 0.6 is 0 Å². The smallest absolute Gasteiger partial charge is 0.339 e. The van der Waals surface area contributed by atoms with Crippen LogP contribution in [0.3, 0.4) is 0 Å². The summed E-state index contributed by atoms with van der Waals surface area (Å²) >= 11 is 0. The number of rotatable bonds is 4. The second kappa shape index (κ2) is 4.39. The fraction of sp³-hybridized carbons (Fsp3) is 0. The molecule has 0 fully saturated rings. The molecule has 0 aliphatic rings. The molecule has 1 rings (SSSR count). The molecule has 78 valence electrons. The van der Waals surface area contributed by atoms with Crippen LogP contribution in [0.1, 0.15) is 20.7 Å². The van der Waals surface area contributed by atoms with Crippen LogP contribution in [0.25, 0.3) is 0 Å². The van der Waals surface area contributed by atoms with Crippen molar-refractivity contribution in [2.75, 3.05) is 0 Å². The van der Waals surface area contributed by atoms with Gasteiger partial charge >= 0.3 is 5.97 Å². The molecular formula is C10H9NO4. The molecule has 0 radical (unpaired) electrons. The number of carbonyl (C=O) groups is 2. The van der Waals surface area contributed by atoms with Gasteiger partial charge in [0.05, 0.1) is 0 Å². The number of carboxylic acid groups (broad SMARTS) is 1. The zero-order valence-corrected chi connectivity index (χ0v) is 7.77. The minimum absolute atomic E-state index is 0.00288. The molecule has 0 amide bonds. The number of hydrogen-bond donors (Lipinski definition) is 2. The Bertz CT molecular complexity index is 425. The van der Waals surface area contributed by atoms with Gasteiger partial charge in [-0.1, -0.05) is 6.58 Å². The highest BCUT2D eigenvalue weighted by atomic mass is 16.6. The molecule has 1 aromatic rings. The van der Waals surface area contributed by atoms with E-state index in [2.05, 4.69) is 11.4 Å². The molecule has 0 heterocycles. The number of benzene rings is 1. The van der Waals surface area contributed by atoms with Gasteiger partial charge in [-0.15, -0.1) is 0 Å². The van der Waals surface area contributed by atoms with Gasteiger partial charge in [0.25, 0.3) is 0 Å². The summed E-state index contributed by atoms with van der Waals surface area (Å²) in [5.74, 6) is 3.31. The maximum Gasteiger partial charge on any atom is 0.339 e. The Morgan fingerprint density at radius 2 is 2.13 bits per heavy atom. The van der Waals surface area contributed by atoms with Crippen molar-refractivity contribution in [3.63, 3.8) is 0 Å². The van der Waals surface area contributed by atoms with E-state index in [0.717, 1.165) is 6.08 Å². The third-order valence-corrected chi connectivity index (χ3v) is 1.81. The number of carbonyl (C=O) groups excluding carboxylic acids is 1. The molecule has 5 heteroatoms. The second-order valence-electron chi connectivity index (χ2n) is 2.70. The van der Waals surface area contributed by atoms with Crippen LogP contribution in [0.2, 0.25) is 0 Å². The van der Waals surface area contributed by atoms with Crippen LogP contribution in [0, 0.1) is 0 Å². The summed E-state index contributed by atoms with van der Waals surface area (Å²) in [6, 6.07) is 3.92. The highest BCUT2D eigenvalue weighted by Gasteiger charge is 2.13. The first-order valence-electron chi connectivity index (χ1n) is 4.01. The lowest BCUT2D eigenvalue weighted by molar-refractivity contribution is 0.0692. The Morgan fingerprint density at radius 1 is 1.47 bits per heavy atom. The molecule has 0 bridgehead atoms. The second-order valence-corrected chi connectivity index (χ2v) is 2.70. The van der Waals surface area contributed by atoms with E-state index in [9.17, 15) is 9.59 Å². The predicted molar refractivity (Wildman–Crippen MR) is 52.7 cm³/mol. The molecule has 0 aliphatic heterocycles. The first-order chi connectivity index (χ1) is 7.10. The number of allylic oxidation sites excluding steroid dienone is 1. The van der Waals surface area contributed by atoms with Crippen LogP contribution in [-0.4, -0.2) is 16.9 Å². The van der Waals surface area contributed by atoms with E-state index in [4.69, 9.17) is 11.0 Å². The highest BCUT2D eigenvalue weighted by Crippen LogP contribution is 2.19. The van der Waals surface area contributed by atoms with Crippen molar-refractivity contribution in [1.29, 1.82) is 0 Å². The van der Waals surface area contributed by atoms with Crippen LogP contribution < -0.4 is 10.7 Å². The Balaban J connectivity index is 3.27. The van der Waals surface area contributed by atoms with E-state index in [1.54, 1.807) is 0 Å². The van der Waals surface area contributed by atoms with Crippen LogP contribution in [0.5, 0.6) is 5.75 Å². The van der Waals surface area contributed by atoms with Gasteiger partial charge in [-0.25, -0.2) is 4.79 Å². The van der Waals surface area contributed by atoms with Crippen molar-refractivity contribution in [3.8, 4) is 5.75 Å². The molecule has 0 atom stereocenters. The topological polar surface area (TPSA) is 89.6 Å². The van der Waals surface area contributed by atoms with Gasteiger partial charge in [-0.2, -0.15) is 5.90 Å². The Kier molecular flexibility index (Phi) is 3.20. The van der Waals surface area contributed by atoms with E-state index in [1.165, 1.54) is 18.2 Å². The van der Waals surface area contributed by atoms with Gasteiger partial charge < -0.3 is 9.94 Å². The molecule has 0 spiro atoms. The van der Waals surface area contributed by atoms with Crippen LogP contribution in [0.4, 0.5) is 0 Å². The normalized spacial score (nSPS) is 9.40. The average molecular weight is 207 g/mol. The number of carboxylic acids is 1. The molecular weight excluding hydrogens is 198 g/mol. The number of aromatic carboxylic acids is 1. The van der Waals surface area contributed by atoms with Crippen molar-refractivity contribution in [1.82, 2.24) is 0 Å².